The van der Waals surface area contributed by atoms with Gasteiger partial charge in [0.05, 0.1) is 12.8 Å². The quantitative estimate of drug-likeness (QED) is 0.542. The van der Waals surface area contributed by atoms with E-state index in [0.717, 1.165) is 6.07 Å². The van der Waals surface area contributed by atoms with Crippen LogP contribution in [0.15, 0.2) is 72.8 Å². The zero-order valence-electron chi connectivity index (χ0n) is 17.2. The van der Waals surface area contributed by atoms with Crippen molar-refractivity contribution in [2.75, 3.05) is 17.7 Å². The van der Waals surface area contributed by atoms with Crippen LogP contribution in [0.5, 0.6) is 11.5 Å². The van der Waals surface area contributed by atoms with Gasteiger partial charge in [0.25, 0.3) is 11.8 Å². The molecule has 3 aromatic rings. The van der Waals surface area contributed by atoms with Gasteiger partial charge in [-0.05, 0) is 55.0 Å². The number of carbonyl (C=O) groups is 2. The molecule has 3 rings (SSSR count). The Kier molecular flexibility index (Phi) is 7.22. The molecule has 0 saturated carbocycles. The van der Waals surface area contributed by atoms with Crippen molar-refractivity contribution in [1.29, 1.82) is 0 Å². The van der Waals surface area contributed by atoms with E-state index < -0.39 is 17.8 Å². The van der Waals surface area contributed by atoms with Gasteiger partial charge in [-0.25, -0.2) is 4.39 Å². The third-order valence-corrected chi connectivity index (χ3v) is 4.49. The van der Waals surface area contributed by atoms with Gasteiger partial charge >= 0.3 is 0 Å². The lowest BCUT2D eigenvalue weighted by Gasteiger charge is -2.18. The van der Waals surface area contributed by atoms with Crippen molar-refractivity contribution in [1.82, 2.24) is 0 Å². The number of amides is 2. The van der Waals surface area contributed by atoms with Crippen LogP contribution in [-0.4, -0.2) is 25.0 Å². The predicted molar refractivity (Wildman–Crippen MR) is 117 cm³/mol. The van der Waals surface area contributed by atoms with E-state index >= 15 is 0 Å². The molecule has 0 aliphatic carbocycles. The summed E-state index contributed by atoms with van der Waals surface area (Å²) in [5.41, 5.74) is 0.959. The van der Waals surface area contributed by atoms with Gasteiger partial charge in [-0.2, -0.15) is 0 Å². The fourth-order valence-corrected chi connectivity index (χ4v) is 2.92. The maximum absolute atomic E-state index is 13.4. The molecule has 31 heavy (non-hydrogen) atoms. The zero-order valence-corrected chi connectivity index (χ0v) is 17.2. The Hall–Kier alpha value is -3.87. The maximum Gasteiger partial charge on any atom is 0.265 e. The summed E-state index contributed by atoms with van der Waals surface area (Å²) in [5.74, 6) is -0.332. The van der Waals surface area contributed by atoms with Crippen LogP contribution in [0.3, 0.4) is 0 Å². The average Bonchev–Trinajstić information content (AvgIpc) is 2.78. The van der Waals surface area contributed by atoms with Gasteiger partial charge in [-0.3, -0.25) is 9.59 Å². The Bertz CT molecular complexity index is 1060. The molecule has 0 bridgehead atoms. The second-order valence-electron chi connectivity index (χ2n) is 6.70. The van der Waals surface area contributed by atoms with Crippen molar-refractivity contribution in [3.63, 3.8) is 0 Å². The average molecular weight is 422 g/mol. The van der Waals surface area contributed by atoms with E-state index in [0.29, 0.717) is 29.3 Å². The van der Waals surface area contributed by atoms with Crippen molar-refractivity contribution in [3.05, 3.63) is 84.2 Å². The molecule has 1 atom stereocenters. The van der Waals surface area contributed by atoms with Gasteiger partial charge in [0, 0.05) is 11.3 Å². The molecule has 7 heteroatoms. The van der Waals surface area contributed by atoms with Crippen molar-refractivity contribution in [2.45, 2.75) is 19.4 Å². The highest BCUT2D eigenvalue weighted by Gasteiger charge is 2.19. The summed E-state index contributed by atoms with van der Waals surface area (Å²) in [6, 6.07) is 19.3. The normalized spacial score (nSPS) is 11.3. The second kappa shape index (κ2) is 10.2. The molecule has 0 heterocycles. The molecule has 0 aliphatic heterocycles. The molecule has 0 aromatic heterocycles. The molecule has 2 amide bonds. The first kappa shape index (κ1) is 21.8. The summed E-state index contributed by atoms with van der Waals surface area (Å²) < 4.78 is 24.5. The molecule has 0 saturated heterocycles. The van der Waals surface area contributed by atoms with Gasteiger partial charge in [0.2, 0.25) is 0 Å². The number of hydrogen-bond donors (Lipinski definition) is 2. The van der Waals surface area contributed by atoms with E-state index in [2.05, 4.69) is 10.6 Å². The first-order valence-corrected chi connectivity index (χ1v) is 9.77. The number of carbonyl (C=O) groups excluding carboxylic acids is 2. The fourth-order valence-electron chi connectivity index (χ4n) is 2.92. The Balaban J connectivity index is 1.74. The Morgan fingerprint density at radius 2 is 1.74 bits per heavy atom. The number of anilines is 2. The molecule has 3 aromatic carbocycles. The molecular weight excluding hydrogens is 399 g/mol. The largest absolute Gasteiger partial charge is 0.495 e. The number of rotatable bonds is 8. The van der Waals surface area contributed by atoms with Gasteiger partial charge in [-0.1, -0.05) is 31.2 Å². The van der Waals surface area contributed by atoms with Crippen LogP contribution in [0, 0.1) is 5.82 Å². The summed E-state index contributed by atoms with van der Waals surface area (Å²) in [4.78, 5) is 25.2. The number of ether oxygens (including phenoxy) is 2. The van der Waals surface area contributed by atoms with Crippen LogP contribution >= 0.6 is 0 Å². The summed E-state index contributed by atoms with van der Waals surface area (Å²) in [6.07, 6.45) is -0.213. The fraction of sp³-hybridized carbons (Fsp3) is 0.167. The molecule has 0 aliphatic rings. The van der Waals surface area contributed by atoms with Gasteiger partial charge < -0.3 is 20.1 Å². The van der Waals surface area contributed by atoms with Crippen LogP contribution in [-0.2, 0) is 4.79 Å². The minimum absolute atomic E-state index is 0.166. The minimum atomic E-state index is -0.685. The Morgan fingerprint density at radius 3 is 2.42 bits per heavy atom. The van der Waals surface area contributed by atoms with E-state index in [-0.39, 0.29) is 11.5 Å². The van der Waals surface area contributed by atoms with Crippen LogP contribution in [0.4, 0.5) is 15.8 Å². The van der Waals surface area contributed by atoms with Crippen LogP contribution in [0.2, 0.25) is 0 Å². The number of methoxy groups -OCH3 is 1. The monoisotopic (exact) mass is 422 g/mol. The molecule has 160 valence electrons. The number of nitrogens with one attached hydrogen (secondary N) is 2. The summed E-state index contributed by atoms with van der Waals surface area (Å²) in [7, 11) is 1.46. The lowest BCUT2D eigenvalue weighted by molar-refractivity contribution is -0.122. The molecule has 0 spiro atoms. The van der Waals surface area contributed by atoms with Gasteiger partial charge in [0.15, 0.2) is 6.10 Å². The highest BCUT2D eigenvalue weighted by molar-refractivity contribution is 6.05. The van der Waals surface area contributed by atoms with E-state index in [4.69, 9.17) is 9.47 Å². The van der Waals surface area contributed by atoms with Crippen molar-refractivity contribution in [2.24, 2.45) is 0 Å². The highest BCUT2D eigenvalue weighted by atomic mass is 19.1. The lowest BCUT2D eigenvalue weighted by atomic mass is 10.2. The van der Waals surface area contributed by atoms with E-state index in [1.807, 2.05) is 25.1 Å². The third kappa shape index (κ3) is 5.82. The number of halogens is 1. The molecular formula is C24H23FN2O4. The van der Waals surface area contributed by atoms with E-state index in [1.54, 1.807) is 30.3 Å². The molecule has 6 nitrogen and oxygen atoms in total. The third-order valence-electron chi connectivity index (χ3n) is 4.49. The molecule has 0 radical (unpaired) electrons. The van der Waals surface area contributed by atoms with Crippen molar-refractivity contribution < 1.29 is 23.5 Å². The summed E-state index contributed by atoms with van der Waals surface area (Å²) >= 11 is 0. The SMILES string of the molecule is CC[C@H](Oc1ccccc1)C(=O)Nc1ccc(OC)c(NC(=O)c2cccc(F)c2)c1. The molecule has 0 fully saturated rings. The van der Waals surface area contributed by atoms with E-state index in [1.165, 1.54) is 25.3 Å². The van der Waals surface area contributed by atoms with Gasteiger partial charge in [-0.15, -0.1) is 0 Å². The highest BCUT2D eigenvalue weighted by Crippen LogP contribution is 2.28. The Labute approximate surface area is 180 Å². The topological polar surface area (TPSA) is 76.7 Å². The molecule has 0 unspecified atom stereocenters. The molecule has 2 N–H and O–H groups in total. The summed E-state index contributed by atoms with van der Waals surface area (Å²) in [6.45, 7) is 1.85. The first-order chi connectivity index (χ1) is 15.0. The summed E-state index contributed by atoms with van der Waals surface area (Å²) in [5, 5.41) is 5.48. The Morgan fingerprint density at radius 1 is 0.968 bits per heavy atom. The number of hydrogen-bond acceptors (Lipinski definition) is 4. The number of benzene rings is 3. The smallest absolute Gasteiger partial charge is 0.265 e. The van der Waals surface area contributed by atoms with Crippen LogP contribution in [0.25, 0.3) is 0 Å². The first-order valence-electron chi connectivity index (χ1n) is 9.77. The van der Waals surface area contributed by atoms with Crippen molar-refractivity contribution in [3.8, 4) is 11.5 Å². The van der Waals surface area contributed by atoms with Crippen molar-refractivity contribution >= 4 is 23.2 Å². The predicted octanol–water partition coefficient (Wildman–Crippen LogP) is 4.88. The minimum Gasteiger partial charge on any atom is -0.495 e. The second-order valence-corrected chi connectivity index (χ2v) is 6.70. The van der Waals surface area contributed by atoms with Gasteiger partial charge in [0.1, 0.15) is 17.3 Å². The van der Waals surface area contributed by atoms with Crippen LogP contribution < -0.4 is 20.1 Å². The zero-order chi connectivity index (χ0) is 22.2. The lowest BCUT2D eigenvalue weighted by Crippen LogP contribution is -2.32. The van der Waals surface area contributed by atoms with Crippen LogP contribution in [0.1, 0.15) is 23.7 Å². The number of para-hydroxylation sites is 1. The van der Waals surface area contributed by atoms with E-state index in [9.17, 15) is 14.0 Å². The standard InChI is InChI=1S/C24H23FN2O4/c1-3-21(31-19-10-5-4-6-11-19)24(29)26-18-12-13-22(30-2)20(15-18)27-23(28)16-8-7-9-17(25)14-16/h4-15,21H,3H2,1-2H3,(H,26,29)(H,27,28)/t21-/m0/s1. The maximum atomic E-state index is 13.4.